The van der Waals surface area contributed by atoms with Gasteiger partial charge in [0, 0.05) is 6.07 Å². The van der Waals surface area contributed by atoms with E-state index in [1.165, 1.54) is 12.1 Å². The van der Waals surface area contributed by atoms with Crippen molar-refractivity contribution in [3.8, 4) is 11.5 Å². The van der Waals surface area contributed by atoms with Gasteiger partial charge in [-0.25, -0.2) is 0 Å². The fourth-order valence-corrected chi connectivity index (χ4v) is 1.10. The molecule has 0 unspecified atom stereocenters. The second-order valence-electron chi connectivity index (χ2n) is 2.61. The number of phenols is 1. The van der Waals surface area contributed by atoms with Crippen LogP contribution >= 0.6 is 11.6 Å². The molecule has 1 rings (SSSR count). The number of rotatable bonds is 4. The molecule has 0 saturated carbocycles. The van der Waals surface area contributed by atoms with E-state index in [1.807, 2.05) is 0 Å². The van der Waals surface area contributed by atoms with Crippen LogP contribution in [0.1, 0.15) is 6.42 Å². The van der Waals surface area contributed by atoms with E-state index in [4.69, 9.17) is 27.2 Å². The molecule has 0 radical (unpaired) electrons. The van der Waals surface area contributed by atoms with Crippen molar-refractivity contribution < 1.29 is 9.84 Å². The van der Waals surface area contributed by atoms with Crippen molar-refractivity contribution in [2.45, 2.75) is 6.42 Å². The van der Waals surface area contributed by atoms with Crippen LogP contribution in [0.25, 0.3) is 0 Å². The minimum absolute atomic E-state index is 0.135. The monoisotopic (exact) mass is 201 g/mol. The molecule has 13 heavy (non-hydrogen) atoms. The Hall–Kier alpha value is -0.930. The Morgan fingerprint density at radius 1 is 1.46 bits per heavy atom. The highest BCUT2D eigenvalue weighted by Gasteiger charge is 2.01. The Bertz CT molecular complexity index is 278. The van der Waals surface area contributed by atoms with Crippen LogP contribution in [-0.4, -0.2) is 18.3 Å². The van der Waals surface area contributed by atoms with E-state index in [-0.39, 0.29) is 5.75 Å². The quantitative estimate of drug-likeness (QED) is 0.731. The average molecular weight is 202 g/mol. The maximum atomic E-state index is 9.05. The van der Waals surface area contributed by atoms with Gasteiger partial charge >= 0.3 is 0 Å². The normalized spacial score (nSPS) is 10.0. The van der Waals surface area contributed by atoms with Crippen LogP contribution in [0, 0.1) is 0 Å². The molecule has 0 spiro atoms. The highest BCUT2D eigenvalue weighted by molar-refractivity contribution is 6.32. The molecule has 0 aliphatic heterocycles. The molecule has 0 saturated heterocycles. The first-order valence-electron chi connectivity index (χ1n) is 4.05. The van der Waals surface area contributed by atoms with E-state index in [9.17, 15) is 0 Å². The number of aromatic hydroxyl groups is 1. The summed E-state index contributed by atoms with van der Waals surface area (Å²) in [5.41, 5.74) is 5.30. The first-order valence-corrected chi connectivity index (χ1v) is 4.43. The lowest BCUT2D eigenvalue weighted by molar-refractivity contribution is 0.313. The summed E-state index contributed by atoms with van der Waals surface area (Å²) in [6.07, 6.45) is 0.789. The van der Waals surface area contributed by atoms with Gasteiger partial charge in [0.2, 0.25) is 0 Å². The number of nitrogens with two attached hydrogens (primary N) is 1. The molecule has 4 heteroatoms. The lowest BCUT2D eigenvalue weighted by Crippen LogP contribution is -2.06. The molecule has 0 amide bonds. The number of hydrogen-bond acceptors (Lipinski definition) is 3. The third-order valence-corrected chi connectivity index (χ3v) is 1.82. The van der Waals surface area contributed by atoms with Crippen molar-refractivity contribution in [3.63, 3.8) is 0 Å². The maximum Gasteiger partial charge on any atom is 0.138 e. The van der Waals surface area contributed by atoms with Crippen LogP contribution in [0.3, 0.4) is 0 Å². The number of hydrogen-bond donors (Lipinski definition) is 2. The minimum Gasteiger partial charge on any atom is -0.508 e. The summed E-state index contributed by atoms with van der Waals surface area (Å²) in [6, 6.07) is 4.61. The summed E-state index contributed by atoms with van der Waals surface area (Å²) in [7, 11) is 0. The Kier molecular flexibility index (Phi) is 3.86. The summed E-state index contributed by atoms with van der Waals surface area (Å²) in [5.74, 6) is 0.712. The van der Waals surface area contributed by atoms with Gasteiger partial charge in [-0.1, -0.05) is 11.6 Å². The van der Waals surface area contributed by atoms with E-state index in [0.29, 0.717) is 23.9 Å². The Balaban J connectivity index is 2.56. The largest absolute Gasteiger partial charge is 0.508 e. The fourth-order valence-electron chi connectivity index (χ4n) is 0.872. The van der Waals surface area contributed by atoms with Crippen LogP contribution in [0.15, 0.2) is 18.2 Å². The SMILES string of the molecule is NCCCOc1ccc(O)cc1Cl. The van der Waals surface area contributed by atoms with Crippen molar-refractivity contribution in [3.05, 3.63) is 23.2 Å². The van der Waals surface area contributed by atoms with E-state index in [0.717, 1.165) is 6.42 Å². The zero-order chi connectivity index (χ0) is 9.68. The lowest BCUT2D eigenvalue weighted by Gasteiger charge is -2.06. The molecule has 0 aromatic heterocycles. The van der Waals surface area contributed by atoms with Crippen molar-refractivity contribution in [2.24, 2.45) is 5.73 Å². The molecule has 0 fully saturated rings. The number of phenolic OH excluding ortho intramolecular Hbond substituents is 1. The zero-order valence-electron chi connectivity index (χ0n) is 7.16. The molecule has 0 heterocycles. The standard InChI is InChI=1S/C9H12ClNO2/c10-8-6-7(12)2-3-9(8)13-5-1-4-11/h2-3,6,12H,1,4-5,11H2. The second-order valence-corrected chi connectivity index (χ2v) is 3.01. The van der Waals surface area contributed by atoms with Gasteiger partial charge in [0.15, 0.2) is 0 Å². The first kappa shape index (κ1) is 10.2. The minimum atomic E-state index is 0.135. The summed E-state index contributed by atoms with van der Waals surface area (Å²) in [5, 5.41) is 9.46. The van der Waals surface area contributed by atoms with E-state index < -0.39 is 0 Å². The number of ether oxygens (including phenoxy) is 1. The van der Waals surface area contributed by atoms with Gasteiger partial charge in [-0.3, -0.25) is 0 Å². The van der Waals surface area contributed by atoms with Crippen LogP contribution in [0.4, 0.5) is 0 Å². The highest BCUT2D eigenvalue weighted by atomic mass is 35.5. The van der Waals surface area contributed by atoms with E-state index in [2.05, 4.69) is 0 Å². The van der Waals surface area contributed by atoms with E-state index in [1.54, 1.807) is 6.07 Å². The second kappa shape index (κ2) is 4.94. The Morgan fingerprint density at radius 2 is 2.23 bits per heavy atom. The maximum absolute atomic E-state index is 9.05. The molecule has 0 atom stereocenters. The molecule has 3 nitrogen and oxygen atoms in total. The van der Waals surface area contributed by atoms with Gasteiger partial charge in [-0.2, -0.15) is 0 Å². The summed E-state index contributed by atoms with van der Waals surface area (Å²) in [4.78, 5) is 0. The molecule has 72 valence electrons. The molecular formula is C9H12ClNO2. The molecule has 1 aromatic carbocycles. The Labute approximate surface area is 82.1 Å². The van der Waals surface area contributed by atoms with Gasteiger partial charge in [0.1, 0.15) is 11.5 Å². The molecule has 0 aliphatic rings. The van der Waals surface area contributed by atoms with Crippen LogP contribution < -0.4 is 10.5 Å². The topological polar surface area (TPSA) is 55.5 Å². The van der Waals surface area contributed by atoms with E-state index >= 15 is 0 Å². The smallest absolute Gasteiger partial charge is 0.138 e. The Morgan fingerprint density at radius 3 is 2.85 bits per heavy atom. The molecule has 1 aromatic rings. The number of benzene rings is 1. The molecule has 0 bridgehead atoms. The van der Waals surface area contributed by atoms with Crippen molar-refractivity contribution >= 4 is 11.6 Å². The summed E-state index contributed by atoms with van der Waals surface area (Å²) < 4.78 is 5.31. The van der Waals surface area contributed by atoms with Gasteiger partial charge in [-0.15, -0.1) is 0 Å². The zero-order valence-corrected chi connectivity index (χ0v) is 7.92. The van der Waals surface area contributed by atoms with Crippen LogP contribution in [0.2, 0.25) is 5.02 Å². The average Bonchev–Trinajstić information content (AvgIpc) is 2.09. The number of halogens is 1. The van der Waals surface area contributed by atoms with Crippen LogP contribution in [-0.2, 0) is 0 Å². The third-order valence-electron chi connectivity index (χ3n) is 1.52. The van der Waals surface area contributed by atoms with Gasteiger partial charge in [-0.05, 0) is 25.1 Å². The predicted molar refractivity (Wildman–Crippen MR) is 52.3 cm³/mol. The predicted octanol–water partition coefficient (Wildman–Crippen LogP) is 1.77. The van der Waals surface area contributed by atoms with Gasteiger partial charge in [0.05, 0.1) is 11.6 Å². The van der Waals surface area contributed by atoms with Crippen molar-refractivity contribution in [1.82, 2.24) is 0 Å². The molecular weight excluding hydrogens is 190 g/mol. The van der Waals surface area contributed by atoms with Crippen molar-refractivity contribution in [1.29, 1.82) is 0 Å². The van der Waals surface area contributed by atoms with Gasteiger partial charge in [0.25, 0.3) is 0 Å². The summed E-state index contributed by atoms with van der Waals surface area (Å²) in [6.45, 7) is 1.14. The first-order chi connectivity index (χ1) is 6.24. The van der Waals surface area contributed by atoms with Crippen molar-refractivity contribution in [2.75, 3.05) is 13.2 Å². The van der Waals surface area contributed by atoms with Crippen LogP contribution in [0.5, 0.6) is 11.5 Å². The third kappa shape index (κ3) is 3.13. The highest BCUT2D eigenvalue weighted by Crippen LogP contribution is 2.27. The fraction of sp³-hybridized carbons (Fsp3) is 0.333. The van der Waals surface area contributed by atoms with Gasteiger partial charge < -0.3 is 15.6 Å². The lowest BCUT2D eigenvalue weighted by atomic mass is 10.3. The molecule has 0 aliphatic carbocycles. The molecule has 3 N–H and O–H groups in total. The summed E-state index contributed by atoms with van der Waals surface area (Å²) >= 11 is 5.79.